The van der Waals surface area contributed by atoms with Crippen molar-refractivity contribution >= 4 is 17.8 Å². The van der Waals surface area contributed by atoms with E-state index in [-0.39, 0.29) is 18.4 Å². The van der Waals surface area contributed by atoms with E-state index in [0.717, 1.165) is 0 Å². The van der Waals surface area contributed by atoms with E-state index < -0.39 is 0 Å². The Labute approximate surface area is 139 Å². The summed E-state index contributed by atoms with van der Waals surface area (Å²) in [4.78, 5) is 40.2. The minimum Gasteiger partial charge on any atom is -0.343 e. The lowest BCUT2D eigenvalue weighted by Crippen LogP contribution is -2.51. The van der Waals surface area contributed by atoms with Gasteiger partial charge >= 0.3 is 0 Å². The van der Waals surface area contributed by atoms with Gasteiger partial charge in [0.1, 0.15) is 0 Å². The molecule has 0 saturated carbocycles. The van der Waals surface area contributed by atoms with Gasteiger partial charge in [-0.1, -0.05) is 0 Å². The molecule has 24 heavy (non-hydrogen) atoms. The smallest absolute Gasteiger partial charge is 0.253 e. The van der Waals surface area contributed by atoms with Crippen LogP contribution in [0, 0.1) is 0 Å². The van der Waals surface area contributed by atoms with Crippen molar-refractivity contribution in [3.8, 4) is 0 Å². The number of amides is 2. The minimum absolute atomic E-state index is 0.0183. The molecule has 3 heterocycles. The first kappa shape index (κ1) is 15.9. The fourth-order valence-corrected chi connectivity index (χ4v) is 2.48. The Morgan fingerprint density at radius 1 is 1.04 bits per heavy atom. The van der Waals surface area contributed by atoms with E-state index >= 15 is 0 Å². The molecule has 8 nitrogen and oxygen atoms in total. The van der Waals surface area contributed by atoms with Crippen molar-refractivity contribution < 1.29 is 9.59 Å². The van der Waals surface area contributed by atoms with Crippen LogP contribution < -0.4 is 10.2 Å². The maximum Gasteiger partial charge on any atom is 0.253 e. The van der Waals surface area contributed by atoms with Crippen LogP contribution in [0.2, 0.25) is 0 Å². The molecule has 0 spiro atoms. The van der Waals surface area contributed by atoms with Crippen LogP contribution in [0.4, 0.5) is 5.95 Å². The number of aromatic nitrogens is 3. The molecular weight excluding hydrogens is 308 g/mol. The zero-order chi connectivity index (χ0) is 16.8. The Morgan fingerprint density at radius 3 is 2.46 bits per heavy atom. The number of carbonyl (C=O) groups is 2. The lowest BCUT2D eigenvalue weighted by molar-refractivity contribution is -0.130. The van der Waals surface area contributed by atoms with Gasteiger partial charge < -0.3 is 15.1 Å². The molecule has 1 saturated heterocycles. The molecule has 2 amide bonds. The standard InChI is InChI=1S/C16H18N6O2/c23-14(12-20-15(24)13-3-1-4-17-11-13)21-7-9-22(10-8-21)16-18-5-2-6-19-16/h1-6,11H,7-10,12H2,(H,20,24). The summed E-state index contributed by atoms with van der Waals surface area (Å²) in [6, 6.07) is 5.11. The average molecular weight is 326 g/mol. The molecule has 0 aromatic carbocycles. The topological polar surface area (TPSA) is 91.3 Å². The van der Waals surface area contributed by atoms with Crippen LogP contribution >= 0.6 is 0 Å². The highest BCUT2D eigenvalue weighted by Crippen LogP contribution is 2.09. The van der Waals surface area contributed by atoms with Crippen molar-refractivity contribution in [3.05, 3.63) is 48.5 Å². The van der Waals surface area contributed by atoms with Crippen LogP contribution in [0.25, 0.3) is 0 Å². The molecule has 0 bridgehead atoms. The van der Waals surface area contributed by atoms with E-state index in [4.69, 9.17) is 0 Å². The maximum absolute atomic E-state index is 12.2. The van der Waals surface area contributed by atoms with Gasteiger partial charge in [0.05, 0.1) is 12.1 Å². The van der Waals surface area contributed by atoms with Crippen molar-refractivity contribution in [2.45, 2.75) is 0 Å². The van der Waals surface area contributed by atoms with E-state index in [9.17, 15) is 9.59 Å². The van der Waals surface area contributed by atoms with Gasteiger partial charge in [-0.2, -0.15) is 0 Å². The quantitative estimate of drug-likeness (QED) is 0.847. The van der Waals surface area contributed by atoms with Gasteiger partial charge in [0.25, 0.3) is 5.91 Å². The summed E-state index contributed by atoms with van der Waals surface area (Å²) < 4.78 is 0. The van der Waals surface area contributed by atoms with Gasteiger partial charge in [-0.15, -0.1) is 0 Å². The lowest BCUT2D eigenvalue weighted by Gasteiger charge is -2.34. The van der Waals surface area contributed by atoms with Crippen LogP contribution in [0.3, 0.4) is 0 Å². The third-order valence-corrected chi connectivity index (χ3v) is 3.79. The molecule has 8 heteroatoms. The molecule has 3 rings (SSSR count). The second kappa shape index (κ2) is 7.49. The Balaban J connectivity index is 1.46. The molecule has 2 aromatic rings. The molecule has 0 unspecified atom stereocenters. The molecule has 1 fully saturated rings. The van der Waals surface area contributed by atoms with Gasteiger partial charge in [-0.05, 0) is 18.2 Å². The van der Waals surface area contributed by atoms with Crippen LogP contribution in [0.1, 0.15) is 10.4 Å². The number of nitrogens with zero attached hydrogens (tertiary/aromatic N) is 5. The Hall–Kier alpha value is -3.03. The highest BCUT2D eigenvalue weighted by Gasteiger charge is 2.22. The first-order valence-electron chi connectivity index (χ1n) is 7.72. The van der Waals surface area contributed by atoms with Gasteiger partial charge in [0.15, 0.2) is 0 Å². The minimum atomic E-state index is -0.298. The molecule has 1 aliphatic rings. The number of pyridine rings is 1. The normalized spacial score (nSPS) is 14.3. The molecule has 0 radical (unpaired) electrons. The Morgan fingerprint density at radius 2 is 1.79 bits per heavy atom. The van der Waals surface area contributed by atoms with Crippen molar-refractivity contribution in [3.63, 3.8) is 0 Å². The molecular formula is C16H18N6O2. The molecule has 0 aliphatic carbocycles. The number of piperazine rings is 1. The average Bonchev–Trinajstić information content (AvgIpc) is 2.67. The number of carbonyl (C=O) groups excluding carboxylic acids is 2. The highest BCUT2D eigenvalue weighted by atomic mass is 16.2. The number of anilines is 1. The van der Waals surface area contributed by atoms with Crippen molar-refractivity contribution in [2.75, 3.05) is 37.6 Å². The highest BCUT2D eigenvalue weighted by molar-refractivity contribution is 5.96. The summed E-state index contributed by atoms with van der Waals surface area (Å²) in [5.41, 5.74) is 0.441. The fraction of sp³-hybridized carbons (Fsp3) is 0.312. The van der Waals surface area contributed by atoms with Crippen LogP contribution in [-0.4, -0.2) is 64.4 Å². The van der Waals surface area contributed by atoms with Crippen molar-refractivity contribution in [1.29, 1.82) is 0 Å². The predicted octanol–water partition coefficient (Wildman–Crippen LogP) is -0.0498. The fourth-order valence-electron chi connectivity index (χ4n) is 2.48. The third kappa shape index (κ3) is 3.83. The summed E-state index contributed by atoms with van der Waals surface area (Å²) in [6.07, 6.45) is 6.47. The largest absolute Gasteiger partial charge is 0.343 e. The second-order valence-corrected chi connectivity index (χ2v) is 5.34. The van der Waals surface area contributed by atoms with Crippen LogP contribution in [0.15, 0.2) is 43.0 Å². The SMILES string of the molecule is O=C(NCC(=O)N1CCN(c2ncccn2)CC1)c1cccnc1. The van der Waals surface area contributed by atoms with Gasteiger partial charge in [0, 0.05) is 51.0 Å². The molecule has 1 N–H and O–H groups in total. The summed E-state index contributed by atoms with van der Waals surface area (Å²) in [5.74, 6) is 0.281. The molecule has 124 valence electrons. The monoisotopic (exact) mass is 326 g/mol. The number of hydrogen-bond donors (Lipinski definition) is 1. The van der Waals surface area contributed by atoms with Gasteiger partial charge in [-0.3, -0.25) is 14.6 Å². The summed E-state index contributed by atoms with van der Waals surface area (Å²) in [7, 11) is 0. The van der Waals surface area contributed by atoms with E-state index in [1.54, 1.807) is 41.7 Å². The first-order valence-corrected chi connectivity index (χ1v) is 7.72. The van der Waals surface area contributed by atoms with Crippen LogP contribution in [-0.2, 0) is 4.79 Å². The summed E-state index contributed by atoms with van der Waals surface area (Å²) in [6.45, 7) is 2.49. The first-order chi connectivity index (χ1) is 11.7. The molecule has 1 aliphatic heterocycles. The molecule has 2 aromatic heterocycles. The van der Waals surface area contributed by atoms with E-state index in [0.29, 0.717) is 37.7 Å². The van der Waals surface area contributed by atoms with E-state index in [1.807, 2.05) is 4.90 Å². The van der Waals surface area contributed by atoms with Crippen molar-refractivity contribution in [2.24, 2.45) is 0 Å². The van der Waals surface area contributed by atoms with Gasteiger partial charge in [0.2, 0.25) is 11.9 Å². The van der Waals surface area contributed by atoms with Crippen molar-refractivity contribution in [1.82, 2.24) is 25.2 Å². The zero-order valence-corrected chi connectivity index (χ0v) is 13.1. The van der Waals surface area contributed by atoms with Crippen LogP contribution in [0.5, 0.6) is 0 Å². The number of hydrogen-bond acceptors (Lipinski definition) is 6. The second-order valence-electron chi connectivity index (χ2n) is 5.34. The van der Waals surface area contributed by atoms with Gasteiger partial charge in [-0.25, -0.2) is 9.97 Å². The van der Waals surface area contributed by atoms with E-state index in [2.05, 4.69) is 20.3 Å². The predicted molar refractivity (Wildman–Crippen MR) is 87.4 cm³/mol. The summed E-state index contributed by atoms with van der Waals surface area (Å²) >= 11 is 0. The Kier molecular flexibility index (Phi) is 4.95. The van der Waals surface area contributed by atoms with E-state index in [1.165, 1.54) is 6.20 Å². The lowest BCUT2D eigenvalue weighted by atomic mass is 10.2. The molecule has 0 atom stereocenters. The number of nitrogens with one attached hydrogen (secondary N) is 1. The maximum atomic E-state index is 12.2. The summed E-state index contributed by atoms with van der Waals surface area (Å²) in [5, 5.41) is 2.63. The third-order valence-electron chi connectivity index (χ3n) is 3.79. The Bertz CT molecular complexity index is 686. The number of rotatable bonds is 4. The zero-order valence-electron chi connectivity index (χ0n) is 13.1.